The van der Waals surface area contributed by atoms with E-state index in [1.807, 2.05) is 12.1 Å². The molecule has 3 rings (SSSR count). The molecule has 0 aromatic heterocycles. The van der Waals surface area contributed by atoms with Crippen LogP contribution in [0.3, 0.4) is 0 Å². The topological polar surface area (TPSA) is 67.4 Å². The fourth-order valence-corrected chi connectivity index (χ4v) is 3.41. The van der Waals surface area contributed by atoms with Gasteiger partial charge in [-0.25, -0.2) is 4.39 Å². The van der Waals surface area contributed by atoms with Crippen molar-refractivity contribution in [3.8, 4) is 5.75 Å². The summed E-state index contributed by atoms with van der Waals surface area (Å²) in [5.74, 6) is -0.135. The average molecular weight is 362 g/mol. The fourth-order valence-electron chi connectivity index (χ4n) is 2.47. The summed E-state index contributed by atoms with van der Waals surface area (Å²) in [4.78, 5) is 23.5. The van der Waals surface area contributed by atoms with E-state index in [2.05, 4.69) is 10.0 Å². The van der Waals surface area contributed by atoms with Crippen molar-refractivity contribution in [2.75, 3.05) is 12.0 Å². The van der Waals surface area contributed by atoms with Gasteiger partial charge in [-0.1, -0.05) is 0 Å². The van der Waals surface area contributed by atoms with Crippen LogP contribution in [0, 0.1) is 0 Å². The molecule has 1 fully saturated rings. The Morgan fingerprint density at radius 2 is 2.00 bits per heavy atom. The van der Waals surface area contributed by atoms with Crippen LogP contribution in [0.4, 0.5) is 10.1 Å². The Balaban J connectivity index is 1.95. The molecule has 132 valence electrons. The third kappa shape index (κ3) is 4.29. The van der Waals surface area contributed by atoms with Crippen LogP contribution < -0.4 is 14.8 Å². The van der Waals surface area contributed by atoms with Gasteiger partial charge in [-0.15, -0.1) is 0 Å². The predicted octanol–water partition coefficient (Wildman–Crippen LogP) is 3.82. The van der Waals surface area contributed by atoms with Crippen molar-refractivity contribution in [1.82, 2.24) is 4.72 Å². The maximum absolute atomic E-state index is 13.0. The first kappa shape index (κ1) is 17.7. The van der Waals surface area contributed by atoms with Gasteiger partial charge in [-0.05, 0) is 60.5 Å². The Morgan fingerprint density at radius 3 is 2.60 bits per heavy atom. The average Bonchev–Trinajstić information content (AvgIpc) is 3.32. The van der Waals surface area contributed by atoms with Gasteiger partial charge in [-0.3, -0.25) is 14.3 Å². The van der Waals surface area contributed by atoms with Gasteiger partial charge in [0, 0.05) is 29.8 Å². The molecule has 0 spiro atoms. The molecular formula is C18H19FN2O3S. The van der Waals surface area contributed by atoms with Gasteiger partial charge in [0.15, 0.2) is 0 Å². The van der Waals surface area contributed by atoms with Crippen molar-refractivity contribution in [2.24, 2.45) is 0 Å². The van der Waals surface area contributed by atoms with Crippen LogP contribution in [0.1, 0.15) is 26.7 Å². The first-order valence-corrected chi connectivity index (χ1v) is 8.76. The van der Waals surface area contributed by atoms with Gasteiger partial charge in [0.2, 0.25) is 5.91 Å². The van der Waals surface area contributed by atoms with E-state index in [9.17, 15) is 14.0 Å². The highest BCUT2D eigenvalue weighted by Crippen LogP contribution is 2.40. The smallest absolute Gasteiger partial charge is 0.308 e. The molecule has 5 nitrogen and oxygen atoms in total. The SMILES string of the molecule is CC(=O)Nc1ccc2c(OC(C)=O)cc(SNC3(CF)CC3)cc2c1. The molecule has 0 aliphatic heterocycles. The van der Waals surface area contributed by atoms with Crippen molar-refractivity contribution in [3.05, 3.63) is 30.3 Å². The van der Waals surface area contributed by atoms with E-state index in [4.69, 9.17) is 4.74 Å². The number of halogens is 1. The zero-order valence-corrected chi connectivity index (χ0v) is 14.8. The van der Waals surface area contributed by atoms with Crippen LogP contribution in [-0.4, -0.2) is 24.1 Å². The van der Waals surface area contributed by atoms with Gasteiger partial charge >= 0.3 is 5.97 Å². The van der Waals surface area contributed by atoms with Gasteiger partial charge < -0.3 is 10.1 Å². The quantitative estimate of drug-likeness (QED) is 0.464. The van der Waals surface area contributed by atoms with Gasteiger partial charge in [0.1, 0.15) is 12.4 Å². The molecule has 2 aromatic rings. The third-order valence-electron chi connectivity index (χ3n) is 3.96. The van der Waals surface area contributed by atoms with Crippen molar-refractivity contribution < 1.29 is 18.7 Å². The van der Waals surface area contributed by atoms with E-state index < -0.39 is 18.2 Å². The molecule has 2 N–H and O–H groups in total. The number of carbonyl (C=O) groups is 2. The second-order valence-electron chi connectivity index (χ2n) is 6.25. The molecule has 0 radical (unpaired) electrons. The summed E-state index contributed by atoms with van der Waals surface area (Å²) in [6.07, 6.45) is 1.63. The summed E-state index contributed by atoms with van der Waals surface area (Å²) in [6.45, 7) is 2.38. The van der Waals surface area contributed by atoms with Crippen LogP contribution in [-0.2, 0) is 9.59 Å². The molecule has 1 aliphatic carbocycles. The largest absolute Gasteiger partial charge is 0.426 e. The second-order valence-corrected chi connectivity index (χ2v) is 7.13. The van der Waals surface area contributed by atoms with Gasteiger partial charge in [-0.2, -0.15) is 0 Å². The van der Waals surface area contributed by atoms with Gasteiger partial charge in [0.05, 0.1) is 5.54 Å². The van der Waals surface area contributed by atoms with Crippen molar-refractivity contribution in [2.45, 2.75) is 37.1 Å². The van der Waals surface area contributed by atoms with Gasteiger partial charge in [0.25, 0.3) is 0 Å². The first-order chi connectivity index (χ1) is 11.9. The Hall–Kier alpha value is -2.12. The molecular weight excluding hydrogens is 343 g/mol. The Morgan fingerprint density at radius 1 is 1.24 bits per heavy atom. The Bertz CT molecular complexity index is 836. The van der Waals surface area contributed by atoms with Crippen LogP contribution in [0.15, 0.2) is 35.2 Å². The minimum Gasteiger partial charge on any atom is -0.426 e. The Kier molecular flexibility index (Phi) is 4.96. The molecule has 0 saturated heterocycles. The second kappa shape index (κ2) is 7.01. The molecule has 0 heterocycles. The summed E-state index contributed by atoms with van der Waals surface area (Å²) in [7, 11) is 0. The van der Waals surface area contributed by atoms with Crippen molar-refractivity contribution in [1.29, 1.82) is 0 Å². The molecule has 0 bridgehead atoms. The predicted molar refractivity (Wildman–Crippen MR) is 96.5 cm³/mol. The minimum absolute atomic E-state index is 0.162. The normalized spacial score (nSPS) is 15.0. The number of nitrogens with one attached hydrogen (secondary N) is 2. The number of hydrogen-bond donors (Lipinski definition) is 2. The molecule has 0 atom stereocenters. The van der Waals surface area contributed by atoms with Crippen LogP contribution in [0.5, 0.6) is 5.75 Å². The number of ether oxygens (including phenoxy) is 1. The molecule has 1 amide bonds. The monoisotopic (exact) mass is 362 g/mol. The molecule has 7 heteroatoms. The zero-order valence-electron chi connectivity index (χ0n) is 14.0. The highest BCUT2D eigenvalue weighted by Gasteiger charge is 2.42. The summed E-state index contributed by atoms with van der Waals surface area (Å²) in [5, 5.41) is 4.32. The third-order valence-corrected chi connectivity index (χ3v) is 4.96. The van der Waals surface area contributed by atoms with E-state index in [0.717, 1.165) is 28.5 Å². The van der Waals surface area contributed by atoms with Crippen molar-refractivity contribution >= 4 is 40.3 Å². The molecule has 25 heavy (non-hydrogen) atoms. The summed E-state index contributed by atoms with van der Waals surface area (Å²) < 4.78 is 21.5. The number of esters is 1. The molecule has 2 aromatic carbocycles. The number of carbonyl (C=O) groups excluding carboxylic acids is 2. The number of alkyl halides is 1. The lowest BCUT2D eigenvalue weighted by Crippen LogP contribution is -2.27. The molecule has 1 aliphatic rings. The lowest BCUT2D eigenvalue weighted by molar-refractivity contribution is -0.131. The molecule has 1 saturated carbocycles. The first-order valence-electron chi connectivity index (χ1n) is 7.95. The number of hydrogen-bond acceptors (Lipinski definition) is 5. The van der Waals surface area contributed by atoms with Crippen LogP contribution in [0.25, 0.3) is 10.8 Å². The van der Waals surface area contributed by atoms with Crippen LogP contribution in [0.2, 0.25) is 0 Å². The maximum atomic E-state index is 13.0. The number of benzene rings is 2. The number of amides is 1. The summed E-state index contributed by atoms with van der Waals surface area (Å²) in [6, 6.07) is 9.04. The number of rotatable bonds is 6. The van der Waals surface area contributed by atoms with E-state index in [1.165, 1.54) is 25.8 Å². The van der Waals surface area contributed by atoms with E-state index in [0.29, 0.717) is 11.4 Å². The lowest BCUT2D eigenvalue weighted by Gasteiger charge is -2.14. The standard InChI is InChI=1S/C18H19FN2O3S/c1-11(22)20-14-3-4-16-13(7-14)8-15(9-17(16)24-12(2)23)25-21-18(10-19)5-6-18/h3-4,7-9,21H,5-6,10H2,1-2H3,(H,20,22). The maximum Gasteiger partial charge on any atom is 0.308 e. The summed E-state index contributed by atoms with van der Waals surface area (Å²) >= 11 is 1.32. The van der Waals surface area contributed by atoms with E-state index in [-0.39, 0.29) is 5.91 Å². The highest BCUT2D eigenvalue weighted by molar-refractivity contribution is 7.97. The zero-order chi connectivity index (χ0) is 18.0. The van der Waals surface area contributed by atoms with E-state index >= 15 is 0 Å². The number of fused-ring (bicyclic) bond motifs is 1. The fraction of sp³-hybridized carbons (Fsp3) is 0.333. The summed E-state index contributed by atoms with van der Waals surface area (Å²) in [5.41, 5.74) is 0.227. The van der Waals surface area contributed by atoms with E-state index in [1.54, 1.807) is 18.2 Å². The minimum atomic E-state index is -0.431. The van der Waals surface area contributed by atoms with Crippen molar-refractivity contribution in [3.63, 3.8) is 0 Å². The lowest BCUT2D eigenvalue weighted by atomic mass is 10.1. The highest BCUT2D eigenvalue weighted by atomic mass is 32.2. The Labute approximate surface area is 149 Å². The van der Waals surface area contributed by atoms with Crippen LogP contribution >= 0.6 is 11.9 Å². The molecule has 0 unspecified atom stereocenters. The number of anilines is 1.